The standard InChI is InChI=1S/C16H20N4O3S2/c1-8-4-5-11-10(6-8)7-12(25-11)14-19-20-16(23-14)24-9(2)13(21)18-15(22)17-3/h7-9H,4-6H2,1-3H3,(H2,17,18,21,22)/t8-,9+/m1/s1. The normalized spacial score (nSPS) is 17.6. The number of rotatable bonds is 4. The van der Waals surface area contributed by atoms with Gasteiger partial charge in [0.2, 0.25) is 5.91 Å². The van der Waals surface area contributed by atoms with E-state index in [1.807, 2.05) is 0 Å². The van der Waals surface area contributed by atoms with Gasteiger partial charge in [-0.2, -0.15) is 0 Å². The highest BCUT2D eigenvalue weighted by atomic mass is 32.2. The minimum Gasteiger partial charge on any atom is -0.410 e. The van der Waals surface area contributed by atoms with Crippen LogP contribution < -0.4 is 10.6 Å². The van der Waals surface area contributed by atoms with Crippen LogP contribution in [0.25, 0.3) is 10.8 Å². The smallest absolute Gasteiger partial charge is 0.321 e. The van der Waals surface area contributed by atoms with Crippen LogP contribution in [0.5, 0.6) is 0 Å². The van der Waals surface area contributed by atoms with E-state index in [2.05, 4.69) is 33.8 Å². The van der Waals surface area contributed by atoms with Crippen LogP contribution in [0.15, 0.2) is 15.7 Å². The van der Waals surface area contributed by atoms with E-state index in [1.165, 1.54) is 23.9 Å². The molecule has 25 heavy (non-hydrogen) atoms. The Balaban J connectivity index is 1.66. The number of nitrogens with zero attached hydrogens (tertiary/aromatic N) is 2. The molecule has 0 spiro atoms. The molecule has 3 rings (SSSR count). The first-order valence-electron chi connectivity index (χ1n) is 8.11. The monoisotopic (exact) mass is 380 g/mol. The molecule has 2 aromatic heterocycles. The fourth-order valence-corrected chi connectivity index (χ4v) is 4.46. The van der Waals surface area contributed by atoms with Gasteiger partial charge in [0, 0.05) is 11.9 Å². The Hall–Kier alpha value is -1.87. The Morgan fingerprint density at radius 3 is 3.00 bits per heavy atom. The van der Waals surface area contributed by atoms with Gasteiger partial charge in [-0.3, -0.25) is 10.1 Å². The molecular formula is C16H20N4O3S2. The molecule has 3 amide bonds. The van der Waals surface area contributed by atoms with E-state index in [0.29, 0.717) is 17.0 Å². The van der Waals surface area contributed by atoms with E-state index in [9.17, 15) is 9.59 Å². The molecular weight excluding hydrogens is 360 g/mol. The topological polar surface area (TPSA) is 97.1 Å². The zero-order valence-electron chi connectivity index (χ0n) is 14.3. The number of imide groups is 1. The summed E-state index contributed by atoms with van der Waals surface area (Å²) >= 11 is 2.83. The summed E-state index contributed by atoms with van der Waals surface area (Å²) in [5.74, 6) is 0.779. The highest BCUT2D eigenvalue weighted by Crippen LogP contribution is 2.37. The van der Waals surface area contributed by atoms with Gasteiger partial charge in [-0.25, -0.2) is 4.79 Å². The second kappa shape index (κ2) is 7.57. The predicted octanol–water partition coefficient (Wildman–Crippen LogP) is 2.86. The van der Waals surface area contributed by atoms with Gasteiger partial charge in [0.15, 0.2) is 0 Å². The Bertz CT molecular complexity index is 786. The first-order valence-corrected chi connectivity index (χ1v) is 9.80. The summed E-state index contributed by atoms with van der Waals surface area (Å²) in [6.07, 6.45) is 3.42. The van der Waals surface area contributed by atoms with Gasteiger partial charge >= 0.3 is 6.03 Å². The van der Waals surface area contributed by atoms with Crippen molar-refractivity contribution < 1.29 is 14.0 Å². The third-order valence-electron chi connectivity index (χ3n) is 4.06. The van der Waals surface area contributed by atoms with E-state index in [4.69, 9.17) is 4.42 Å². The van der Waals surface area contributed by atoms with Crippen LogP contribution in [0.1, 0.15) is 30.7 Å². The molecule has 2 heterocycles. The number of hydrogen-bond acceptors (Lipinski definition) is 7. The van der Waals surface area contributed by atoms with Gasteiger partial charge < -0.3 is 9.73 Å². The van der Waals surface area contributed by atoms with Crippen molar-refractivity contribution in [3.05, 3.63) is 16.5 Å². The van der Waals surface area contributed by atoms with Crippen LogP contribution in [-0.4, -0.2) is 34.4 Å². The lowest BCUT2D eigenvalue weighted by molar-refractivity contribution is -0.119. The summed E-state index contributed by atoms with van der Waals surface area (Å²) in [7, 11) is 1.45. The molecule has 1 aliphatic carbocycles. The van der Waals surface area contributed by atoms with Gasteiger partial charge in [0.05, 0.1) is 10.1 Å². The van der Waals surface area contributed by atoms with Crippen molar-refractivity contribution in [2.75, 3.05) is 7.05 Å². The maximum absolute atomic E-state index is 11.9. The van der Waals surface area contributed by atoms with Crippen LogP contribution in [-0.2, 0) is 17.6 Å². The molecule has 0 unspecified atom stereocenters. The molecule has 0 bridgehead atoms. The Labute approximate surface area is 154 Å². The average Bonchev–Trinajstić information content (AvgIpc) is 3.20. The van der Waals surface area contributed by atoms with E-state index in [0.717, 1.165) is 29.5 Å². The predicted molar refractivity (Wildman–Crippen MR) is 96.7 cm³/mol. The molecule has 0 radical (unpaired) electrons. The highest BCUT2D eigenvalue weighted by Gasteiger charge is 2.23. The van der Waals surface area contributed by atoms with E-state index >= 15 is 0 Å². The molecule has 0 saturated carbocycles. The quantitative estimate of drug-likeness (QED) is 0.792. The number of aryl methyl sites for hydroxylation is 1. The van der Waals surface area contributed by atoms with Gasteiger partial charge in [-0.05, 0) is 43.7 Å². The van der Waals surface area contributed by atoms with Crippen LogP contribution in [0.4, 0.5) is 4.79 Å². The number of hydrogen-bond donors (Lipinski definition) is 2. The number of carbonyl (C=O) groups is 2. The first kappa shape index (κ1) is 17.9. The number of urea groups is 1. The minimum atomic E-state index is -0.540. The average molecular weight is 380 g/mol. The molecule has 0 aliphatic heterocycles. The summed E-state index contributed by atoms with van der Waals surface area (Å²) in [5, 5.41) is 12.5. The van der Waals surface area contributed by atoms with E-state index < -0.39 is 17.2 Å². The minimum absolute atomic E-state index is 0.314. The number of aromatic nitrogens is 2. The summed E-state index contributed by atoms with van der Waals surface area (Å²) in [6, 6.07) is 1.60. The molecule has 1 aliphatic rings. The van der Waals surface area contributed by atoms with E-state index in [-0.39, 0.29) is 0 Å². The first-order chi connectivity index (χ1) is 12.0. The fraction of sp³-hybridized carbons (Fsp3) is 0.500. The van der Waals surface area contributed by atoms with Crippen LogP contribution in [0.3, 0.4) is 0 Å². The van der Waals surface area contributed by atoms with E-state index in [1.54, 1.807) is 18.3 Å². The molecule has 0 saturated heterocycles. The van der Waals surface area contributed by atoms with Crippen molar-refractivity contribution in [2.45, 2.75) is 43.6 Å². The summed E-state index contributed by atoms with van der Waals surface area (Å²) in [6.45, 7) is 3.95. The molecule has 9 heteroatoms. The van der Waals surface area contributed by atoms with Gasteiger partial charge in [0.1, 0.15) is 0 Å². The number of carbonyl (C=O) groups excluding carboxylic acids is 2. The van der Waals surface area contributed by atoms with Crippen molar-refractivity contribution in [3.63, 3.8) is 0 Å². The van der Waals surface area contributed by atoms with Crippen molar-refractivity contribution in [1.29, 1.82) is 0 Å². The zero-order valence-corrected chi connectivity index (χ0v) is 15.9. The third-order valence-corrected chi connectivity index (χ3v) is 6.22. The largest absolute Gasteiger partial charge is 0.410 e. The number of thioether (sulfide) groups is 1. The third kappa shape index (κ3) is 4.21. The molecule has 0 aromatic carbocycles. The molecule has 134 valence electrons. The SMILES string of the molecule is CNC(=O)NC(=O)[C@H](C)Sc1nnc(-c2cc3c(s2)CC[C@@H](C)C3)o1. The van der Waals surface area contributed by atoms with Crippen molar-refractivity contribution in [3.8, 4) is 10.8 Å². The number of fused-ring (bicyclic) bond motifs is 1. The van der Waals surface area contributed by atoms with Crippen molar-refractivity contribution in [1.82, 2.24) is 20.8 Å². The summed E-state index contributed by atoms with van der Waals surface area (Å²) < 4.78 is 5.70. The van der Waals surface area contributed by atoms with Crippen molar-refractivity contribution >= 4 is 35.0 Å². The van der Waals surface area contributed by atoms with Gasteiger partial charge in [-0.1, -0.05) is 18.7 Å². The second-order valence-electron chi connectivity index (χ2n) is 6.11. The lowest BCUT2D eigenvalue weighted by Crippen LogP contribution is -2.41. The number of nitrogens with one attached hydrogen (secondary N) is 2. The molecule has 0 fully saturated rings. The molecule has 2 atom stereocenters. The highest BCUT2D eigenvalue weighted by molar-refractivity contribution is 8.00. The lowest BCUT2D eigenvalue weighted by atomic mass is 9.90. The van der Waals surface area contributed by atoms with Crippen LogP contribution in [0, 0.1) is 5.92 Å². The molecule has 2 N–H and O–H groups in total. The zero-order chi connectivity index (χ0) is 18.0. The molecule has 2 aromatic rings. The van der Waals surface area contributed by atoms with Gasteiger partial charge in [-0.15, -0.1) is 21.5 Å². The maximum Gasteiger partial charge on any atom is 0.321 e. The summed E-state index contributed by atoms with van der Waals surface area (Å²) in [5.41, 5.74) is 1.38. The molecule has 7 nitrogen and oxygen atoms in total. The lowest BCUT2D eigenvalue weighted by Gasteiger charge is -2.16. The van der Waals surface area contributed by atoms with Crippen LogP contribution >= 0.6 is 23.1 Å². The fourth-order valence-electron chi connectivity index (χ4n) is 2.65. The Kier molecular flexibility index (Phi) is 5.43. The Morgan fingerprint density at radius 2 is 2.24 bits per heavy atom. The van der Waals surface area contributed by atoms with Crippen molar-refractivity contribution in [2.24, 2.45) is 5.92 Å². The van der Waals surface area contributed by atoms with Crippen LogP contribution in [0.2, 0.25) is 0 Å². The number of thiophene rings is 1. The second-order valence-corrected chi connectivity index (χ2v) is 8.54. The summed E-state index contributed by atoms with van der Waals surface area (Å²) in [4.78, 5) is 25.4. The van der Waals surface area contributed by atoms with Gasteiger partial charge in [0.25, 0.3) is 11.1 Å². The number of amides is 3. The maximum atomic E-state index is 11.9. The Morgan fingerprint density at radius 1 is 1.44 bits per heavy atom.